The third kappa shape index (κ3) is 3.04. The maximum atomic E-state index is 6.05. The monoisotopic (exact) mass is 300 g/mol. The molecule has 1 heteroatoms. The molecule has 0 aliphatic heterocycles. The van der Waals surface area contributed by atoms with Gasteiger partial charge < -0.3 is 4.74 Å². The average molecular weight is 300 g/mol. The van der Waals surface area contributed by atoms with Gasteiger partial charge in [0.2, 0.25) is 0 Å². The summed E-state index contributed by atoms with van der Waals surface area (Å²) in [5.41, 5.74) is 1.18. The van der Waals surface area contributed by atoms with E-state index >= 15 is 0 Å². The SMILES string of the molecule is C.c1ccc(COc2cccc3cc4ccccc4cc23)cc1. The normalized spacial score (nSPS) is 10.4. The average Bonchev–Trinajstić information content (AvgIpc) is 2.59. The van der Waals surface area contributed by atoms with Crippen molar-refractivity contribution in [3.63, 3.8) is 0 Å². The Bertz CT molecular complexity index is 926. The summed E-state index contributed by atoms with van der Waals surface area (Å²) in [6.07, 6.45) is 0. The molecule has 0 N–H and O–H groups in total. The van der Waals surface area contributed by atoms with Crippen molar-refractivity contribution in [2.75, 3.05) is 0 Å². The predicted molar refractivity (Wildman–Crippen MR) is 99.0 cm³/mol. The standard InChI is InChI=1S/C21H16O.CH4/c1-2-7-16(8-3-1)15-22-21-12-6-11-19-13-17-9-4-5-10-18(17)14-20(19)21;/h1-14H,15H2;1H4. The fourth-order valence-electron chi connectivity index (χ4n) is 2.80. The van der Waals surface area contributed by atoms with Gasteiger partial charge in [-0.2, -0.15) is 0 Å². The summed E-state index contributed by atoms with van der Waals surface area (Å²) in [4.78, 5) is 0. The Morgan fingerprint density at radius 3 is 2.04 bits per heavy atom. The molecule has 4 aromatic rings. The molecule has 1 nitrogen and oxygen atoms in total. The molecule has 0 spiro atoms. The van der Waals surface area contributed by atoms with Crippen LogP contribution in [0.4, 0.5) is 0 Å². The van der Waals surface area contributed by atoms with E-state index in [-0.39, 0.29) is 7.43 Å². The zero-order chi connectivity index (χ0) is 14.8. The van der Waals surface area contributed by atoms with Crippen LogP contribution in [0.3, 0.4) is 0 Å². The summed E-state index contributed by atoms with van der Waals surface area (Å²) in [6, 6.07) is 29.4. The molecule has 0 saturated carbocycles. The van der Waals surface area contributed by atoms with Gasteiger partial charge in [-0.1, -0.05) is 74.2 Å². The van der Waals surface area contributed by atoms with Gasteiger partial charge in [0.1, 0.15) is 12.4 Å². The molecule has 0 radical (unpaired) electrons. The zero-order valence-electron chi connectivity index (χ0n) is 12.2. The van der Waals surface area contributed by atoms with Crippen molar-refractivity contribution < 1.29 is 4.74 Å². The second-order valence-corrected chi connectivity index (χ2v) is 5.45. The summed E-state index contributed by atoms with van der Waals surface area (Å²) in [7, 11) is 0. The van der Waals surface area contributed by atoms with Gasteiger partial charge in [0.25, 0.3) is 0 Å². The molecule has 4 aromatic carbocycles. The quantitative estimate of drug-likeness (QED) is 0.409. The molecular formula is C22H20O. The van der Waals surface area contributed by atoms with E-state index in [1.165, 1.54) is 21.7 Å². The lowest BCUT2D eigenvalue weighted by Gasteiger charge is -2.10. The van der Waals surface area contributed by atoms with Gasteiger partial charge >= 0.3 is 0 Å². The molecule has 0 aliphatic rings. The smallest absolute Gasteiger partial charge is 0.127 e. The van der Waals surface area contributed by atoms with Gasteiger partial charge in [-0.05, 0) is 39.9 Å². The molecule has 0 amide bonds. The van der Waals surface area contributed by atoms with Crippen LogP contribution in [-0.4, -0.2) is 0 Å². The van der Waals surface area contributed by atoms with Crippen LogP contribution in [0.5, 0.6) is 5.75 Å². The number of fused-ring (bicyclic) bond motifs is 2. The first-order chi connectivity index (χ1) is 10.9. The maximum Gasteiger partial charge on any atom is 0.127 e. The van der Waals surface area contributed by atoms with Crippen molar-refractivity contribution in [2.24, 2.45) is 0 Å². The van der Waals surface area contributed by atoms with E-state index in [0.717, 1.165) is 11.1 Å². The lowest BCUT2D eigenvalue weighted by atomic mass is 10.0. The summed E-state index contributed by atoms with van der Waals surface area (Å²) in [6.45, 7) is 0.590. The largest absolute Gasteiger partial charge is 0.488 e. The minimum Gasteiger partial charge on any atom is -0.488 e. The van der Waals surface area contributed by atoms with Crippen LogP contribution in [0.1, 0.15) is 13.0 Å². The van der Waals surface area contributed by atoms with E-state index in [1.807, 2.05) is 24.3 Å². The van der Waals surface area contributed by atoms with E-state index in [9.17, 15) is 0 Å². The second kappa shape index (κ2) is 6.53. The maximum absolute atomic E-state index is 6.05. The van der Waals surface area contributed by atoms with E-state index < -0.39 is 0 Å². The van der Waals surface area contributed by atoms with Crippen molar-refractivity contribution in [2.45, 2.75) is 14.0 Å². The first-order valence-electron chi connectivity index (χ1n) is 7.48. The fourth-order valence-corrected chi connectivity index (χ4v) is 2.80. The molecule has 0 aliphatic carbocycles. The fraction of sp³-hybridized carbons (Fsp3) is 0.0909. The second-order valence-electron chi connectivity index (χ2n) is 5.45. The lowest BCUT2D eigenvalue weighted by molar-refractivity contribution is 0.310. The van der Waals surface area contributed by atoms with E-state index in [0.29, 0.717) is 6.61 Å². The highest BCUT2D eigenvalue weighted by Gasteiger charge is 2.04. The molecule has 0 saturated heterocycles. The van der Waals surface area contributed by atoms with Crippen molar-refractivity contribution in [3.05, 3.63) is 90.5 Å². The predicted octanol–water partition coefficient (Wildman–Crippen LogP) is 6.21. The molecule has 23 heavy (non-hydrogen) atoms. The molecule has 114 valence electrons. The molecule has 0 fully saturated rings. The number of ether oxygens (including phenoxy) is 1. The van der Waals surface area contributed by atoms with Crippen LogP contribution in [0.2, 0.25) is 0 Å². The molecule has 4 rings (SSSR count). The number of benzene rings is 4. The highest BCUT2D eigenvalue weighted by atomic mass is 16.5. The minimum atomic E-state index is 0. The van der Waals surface area contributed by atoms with E-state index in [4.69, 9.17) is 4.74 Å². The Morgan fingerprint density at radius 1 is 0.609 bits per heavy atom. The van der Waals surface area contributed by atoms with Gasteiger partial charge in [-0.25, -0.2) is 0 Å². The van der Waals surface area contributed by atoms with Crippen molar-refractivity contribution in [1.29, 1.82) is 0 Å². The molecule has 0 aromatic heterocycles. The molecular weight excluding hydrogens is 280 g/mol. The highest BCUT2D eigenvalue weighted by molar-refractivity contribution is 6.00. The zero-order valence-corrected chi connectivity index (χ0v) is 12.2. The summed E-state index contributed by atoms with van der Waals surface area (Å²) in [5.74, 6) is 0.937. The van der Waals surface area contributed by atoms with Gasteiger partial charge in [0, 0.05) is 5.39 Å². The first-order valence-corrected chi connectivity index (χ1v) is 7.48. The topological polar surface area (TPSA) is 9.23 Å². The molecule has 0 bridgehead atoms. The van der Waals surface area contributed by atoms with Crippen LogP contribution < -0.4 is 4.74 Å². The van der Waals surface area contributed by atoms with Crippen molar-refractivity contribution in [3.8, 4) is 5.75 Å². The lowest BCUT2D eigenvalue weighted by Crippen LogP contribution is -1.95. The van der Waals surface area contributed by atoms with Crippen molar-refractivity contribution in [1.82, 2.24) is 0 Å². The van der Waals surface area contributed by atoms with E-state index in [2.05, 4.69) is 60.7 Å². The Morgan fingerprint density at radius 2 is 1.26 bits per heavy atom. The number of rotatable bonds is 3. The van der Waals surface area contributed by atoms with E-state index in [1.54, 1.807) is 0 Å². The van der Waals surface area contributed by atoms with Gasteiger partial charge in [0.15, 0.2) is 0 Å². The molecule has 0 atom stereocenters. The summed E-state index contributed by atoms with van der Waals surface area (Å²) >= 11 is 0. The van der Waals surface area contributed by atoms with Gasteiger partial charge in [0.05, 0.1) is 0 Å². The Labute approximate surface area is 137 Å². The third-order valence-electron chi connectivity index (χ3n) is 3.94. The van der Waals surface area contributed by atoms with Crippen LogP contribution >= 0.6 is 0 Å². The van der Waals surface area contributed by atoms with Crippen LogP contribution in [0.15, 0.2) is 84.9 Å². The molecule has 0 heterocycles. The van der Waals surface area contributed by atoms with Crippen LogP contribution in [0.25, 0.3) is 21.5 Å². The first kappa shape index (κ1) is 15.1. The number of hydrogen-bond acceptors (Lipinski definition) is 1. The highest BCUT2D eigenvalue weighted by Crippen LogP contribution is 2.30. The summed E-state index contributed by atoms with van der Waals surface area (Å²) < 4.78 is 6.05. The Kier molecular flexibility index (Phi) is 4.29. The minimum absolute atomic E-state index is 0. The summed E-state index contributed by atoms with van der Waals surface area (Å²) in [5, 5.41) is 4.88. The van der Waals surface area contributed by atoms with Gasteiger partial charge in [-0.3, -0.25) is 0 Å². The Hall–Kier alpha value is -2.80. The number of hydrogen-bond donors (Lipinski definition) is 0. The van der Waals surface area contributed by atoms with Crippen LogP contribution in [0, 0.1) is 0 Å². The van der Waals surface area contributed by atoms with Gasteiger partial charge in [-0.15, -0.1) is 0 Å². The third-order valence-corrected chi connectivity index (χ3v) is 3.94. The van der Waals surface area contributed by atoms with Crippen molar-refractivity contribution >= 4 is 21.5 Å². The van der Waals surface area contributed by atoms with Crippen LogP contribution in [-0.2, 0) is 6.61 Å². The Balaban J connectivity index is 0.00000156. The molecule has 0 unspecified atom stereocenters.